The maximum Gasteiger partial charge on any atom is 0.309 e. The third-order valence-electron chi connectivity index (χ3n) is 6.15. The molecule has 2 rings (SSSR count). The average molecular weight is 486 g/mol. The molecule has 1 heterocycles. The highest BCUT2D eigenvalue weighted by Crippen LogP contribution is 2.30. The first-order valence-electron chi connectivity index (χ1n) is 12.3. The first-order valence-corrected chi connectivity index (χ1v) is 12.3. The van der Waals surface area contributed by atoms with Gasteiger partial charge in [0.2, 0.25) is 0 Å². The van der Waals surface area contributed by atoms with Crippen LogP contribution in [0, 0.1) is 17.8 Å². The van der Waals surface area contributed by atoms with E-state index < -0.39 is 23.8 Å². The van der Waals surface area contributed by atoms with Crippen LogP contribution in [-0.2, 0) is 9.53 Å². The van der Waals surface area contributed by atoms with Crippen molar-refractivity contribution in [2.24, 2.45) is 17.8 Å². The lowest BCUT2D eigenvalue weighted by Crippen LogP contribution is -2.40. The van der Waals surface area contributed by atoms with E-state index in [-0.39, 0.29) is 35.6 Å². The van der Waals surface area contributed by atoms with Crippen molar-refractivity contribution < 1.29 is 28.9 Å². The number of benzene rings is 1. The highest BCUT2D eigenvalue weighted by Gasteiger charge is 2.32. The number of Topliss-reactive ketones (excluding diaryl/α,β-unsaturated/α-hetero) is 1. The molecule has 4 atom stereocenters. The average Bonchev–Trinajstić information content (AvgIpc) is 2.84. The number of ketones is 1. The van der Waals surface area contributed by atoms with Crippen molar-refractivity contribution in [3.63, 3.8) is 0 Å². The minimum atomic E-state index is -0.717. The molecule has 2 aromatic rings. The molecule has 7 nitrogen and oxygen atoms in total. The lowest BCUT2D eigenvalue weighted by molar-refractivity contribution is -0.159. The second kappa shape index (κ2) is 13.7. The van der Waals surface area contributed by atoms with Crippen molar-refractivity contribution in [3.8, 4) is 17.2 Å². The molecular weight excluding hydrogens is 446 g/mol. The molecule has 0 fully saturated rings. The van der Waals surface area contributed by atoms with Gasteiger partial charge in [0, 0.05) is 18.7 Å². The van der Waals surface area contributed by atoms with E-state index in [1.807, 2.05) is 37.3 Å². The molecule has 0 amide bonds. The van der Waals surface area contributed by atoms with Gasteiger partial charge in [0.15, 0.2) is 23.0 Å². The van der Waals surface area contributed by atoms with Crippen LogP contribution in [0.5, 0.6) is 17.2 Å². The van der Waals surface area contributed by atoms with Crippen LogP contribution >= 0.6 is 0 Å². The van der Waals surface area contributed by atoms with Crippen molar-refractivity contribution >= 4 is 11.8 Å². The number of carbonyl (C=O) groups is 2. The second-order valence-corrected chi connectivity index (χ2v) is 9.42. The van der Waals surface area contributed by atoms with Crippen molar-refractivity contribution in [3.05, 3.63) is 48.3 Å². The summed E-state index contributed by atoms with van der Waals surface area (Å²) in [4.78, 5) is 29.6. The van der Waals surface area contributed by atoms with Crippen molar-refractivity contribution in [2.45, 2.75) is 72.5 Å². The molecule has 1 N–H and O–H groups in total. The van der Waals surface area contributed by atoms with Gasteiger partial charge in [-0.3, -0.25) is 9.59 Å². The number of methoxy groups -OCH3 is 1. The van der Waals surface area contributed by atoms with E-state index in [2.05, 4.69) is 25.8 Å². The minimum absolute atomic E-state index is 0.123. The number of ether oxygens (including phenoxy) is 3. The summed E-state index contributed by atoms with van der Waals surface area (Å²) in [6, 6.07) is 11.0. The largest absolute Gasteiger partial charge is 0.503 e. The first kappa shape index (κ1) is 28.1. The molecule has 0 aliphatic heterocycles. The molecule has 0 saturated carbocycles. The smallest absolute Gasteiger partial charge is 0.309 e. The van der Waals surface area contributed by atoms with E-state index in [0.717, 1.165) is 25.0 Å². The number of hydrogen-bond acceptors (Lipinski definition) is 7. The third-order valence-corrected chi connectivity index (χ3v) is 6.15. The quantitative estimate of drug-likeness (QED) is 0.265. The maximum atomic E-state index is 12.9. The Labute approximate surface area is 208 Å². The fraction of sp³-hybridized carbons (Fsp3) is 0.536. The molecule has 1 aromatic heterocycles. The summed E-state index contributed by atoms with van der Waals surface area (Å²) in [5, 5.41) is 10.2. The molecule has 0 bridgehead atoms. The Hall–Kier alpha value is -3.09. The zero-order valence-electron chi connectivity index (χ0n) is 21.7. The minimum Gasteiger partial charge on any atom is -0.503 e. The Bertz CT molecular complexity index is 946. The van der Waals surface area contributed by atoms with Gasteiger partial charge < -0.3 is 19.3 Å². The molecule has 35 heavy (non-hydrogen) atoms. The van der Waals surface area contributed by atoms with Crippen molar-refractivity contribution in [1.82, 2.24) is 4.98 Å². The summed E-state index contributed by atoms with van der Waals surface area (Å²) in [5.74, 6) is -0.354. The van der Waals surface area contributed by atoms with Gasteiger partial charge in [0.25, 0.3) is 0 Å². The molecule has 1 aromatic carbocycles. The first-order chi connectivity index (χ1) is 16.7. The van der Waals surface area contributed by atoms with Gasteiger partial charge in [-0.1, -0.05) is 52.3 Å². The number of aromatic hydroxyl groups is 1. The standard InChI is InChI=1S/C28H39NO6/c1-7-21(14-13-18(2)3)27(35-22-11-9-8-10-12-22)20(5)34-28(32)19(4)17-23(30)25-26(31)24(33-6)15-16-29-25/h8-12,15-16,18-21,27,31H,7,13-14,17H2,1-6H3/t19-,20+,21+,27-/m1/s1. The zero-order chi connectivity index (χ0) is 26.0. The summed E-state index contributed by atoms with van der Waals surface area (Å²) < 4.78 is 17.2. The van der Waals surface area contributed by atoms with Gasteiger partial charge in [0.05, 0.1) is 13.0 Å². The molecule has 0 aliphatic carbocycles. The Morgan fingerprint density at radius 1 is 1.03 bits per heavy atom. The highest BCUT2D eigenvalue weighted by molar-refractivity contribution is 5.99. The number of carbonyl (C=O) groups excluding carboxylic acids is 2. The molecule has 0 spiro atoms. The fourth-order valence-electron chi connectivity index (χ4n) is 4.01. The van der Waals surface area contributed by atoms with Crippen LogP contribution < -0.4 is 9.47 Å². The topological polar surface area (TPSA) is 95.0 Å². The van der Waals surface area contributed by atoms with E-state index in [4.69, 9.17) is 14.2 Å². The molecule has 0 aliphatic rings. The van der Waals surface area contributed by atoms with E-state index in [1.165, 1.54) is 19.4 Å². The predicted octanol–water partition coefficient (Wildman–Crippen LogP) is 5.85. The van der Waals surface area contributed by atoms with E-state index in [0.29, 0.717) is 5.92 Å². The molecular formula is C28H39NO6. The normalized spacial score (nSPS) is 14.6. The molecule has 7 heteroatoms. The summed E-state index contributed by atoms with van der Waals surface area (Å²) in [6.45, 7) is 9.98. The molecule has 0 saturated heterocycles. The van der Waals surface area contributed by atoms with E-state index in [9.17, 15) is 14.7 Å². The number of nitrogens with zero attached hydrogens (tertiary/aromatic N) is 1. The van der Waals surface area contributed by atoms with Crippen LogP contribution in [-0.4, -0.2) is 41.2 Å². The number of para-hydroxylation sites is 1. The van der Waals surface area contributed by atoms with Gasteiger partial charge in [-0.25, -0.2) is 4.98 Å². The summed E-state index contributed by atoms with van der Waals surface area (Å²) in [7, 11) is 1.39. The fourth-order valence-corrected chi connectivity index (χ4v) is 4.01. The summed E-state index contributed by atoms with van der Waals surface area (Å²) in [5.41, 5.74) is -0.123. The lowest BCUT2D eigenvalue weighted by Gasteiger charge is -2.32. The van der Waals surface area contributed by atoms with Crippen molar-refractivity contribution in [1.29, 1.82) is 0 Å². The lowest BCUT2D eigenvalue weighted by atomic mass is 9.88. The van der Waals surface area contributed by atoms with Gasteiger partial charge in [-0.05, 0) is 43.7 Å². The Balaban J connectivity index is 2.11. The number of aromatic nitrogens is 1. The number of esters is 1. The number of rotatable bonds is 14. The number of pyridine rings is 1. The Morgan fingerprint density at radius 3 is 2.31 bits per heavy atom. The van der Waals surface area contributed by atoms with Crippen LogP contribution in [0.2, 0.25) is 0 Å². The SMILES string of the molecule is CC[C@@H](CCC(C)C)[C@H](Oc1ccccc1)[C@H](C)OC(=O)[C@H](C)CC(=O)c1nccc(OC)c1O. The van der Waals surface area contributed by atoms with Crippen LogP contribution in [0.15, 0.2) is 42.6 Å². The third kappa shape index (κ3) is 8.26. The van der Waals surface area contributed by atoms with Crippen molar-refractivity contribution in [2.75, 3.05) is 7.11 Å². The van der Waals surface area contributed by atoms with Crippen LogP contribution in [0.4, 0.5) is 0 Å². The molecule has 192 valence electrons. The Morgan fingerprint density at radius 2 is 1.71 bits per heavy atom. The summed E-state index contributed by atoms with van der Waals surface area (Å²) in [6.07, 6.45) is 3.30. The van der Waals surface area contributed by atoms with Crippen LogP contribution in [0.3, 0.4) is 0 Å². The van der Waals surface area contributed by atoms with Crippen LogP contribution in [0.1, 0.15) is 70.8 Å². The molecule has 0 unspecified atom stereocenters. The maximum absolute atomic E-state index is 12.9. The van der Waals surface area contributed by atoms with Gasteiger partial charge in [-0.2, -0.15) is 0 Å². The van der Waals surface area contributed by atoms with Gasteiger partial charge in [-0.15, -0.1) is 0 Å². The Kier molecular flexibility index (Phi) is 11.0. The molecule has 0 radical (unpaired) electrons. The summed E-state index contributed by atoms with van der Waals surface area (Å²) >= 11 is 0. The van der Waals surface area contributed by atoms with E-state index >= 15 is 0 Å². The van der Waals surface area contributed by atoms with Gasteiger partial charge >= 0.3 is 5.97 Å². The van der Waals surface area contributed by atoms with E-state index in [1.54, 1.807) is 6.92 Å². The number of hydrogen-bond donors (Lipinski definition) is 1. The predicted molar refractivity (Wildman–Crippen MR) is 135 cm³/mol. The zero-order valence-corrected chi connectivity index (χ0v) is 21.7. The monoisotopic (exact) mass is 485 g/mol. The van der Waals surface area contributed by atoms with Gasteiger partial charge in [0.1, 0.15) is 18.0 Å². The highest BCUT2D eigenvalue weighted by atomic mass is 16.6. The van der Waals surface area contributed by atoms with Crippen LogP contribution in [0.25, 0.3) is 0 Å². The second-order valence-electron chi connectivity index (χ2n) is 9.42.